The number of ether oxygens (including phenoxy) is 6. The van der Waals surface area contributed by atoms with Crippen LogP contribution >= 0.6 is 0 Å². The van der Waals surface area contributed by atoms with E-state index >= 15 is 0 Å². The number of hydrogen-bond donors (Lipinski definition) is 0. The van der Waals surface area contributed by atoms with E-state index in [0.717, 1.165) is 11.1 Å². The molecule has 11 heteroatoms. The van der Waals surface area contributed by atoms with E-state index in [4.69, 9.17) is 28.4 Å². The lowest BCUT2D eigenvalue weighted by Crippen LogP contribution is -2.61. The molecule has 0 radical (unpaired) electrons. The molecule has 3 aliphatic rings. The van der Waals surface area contributed by atoms with E-state index in [1.54, 1.807) is 24.0 Å². The van der Waals surface area contributed by atoms with Crippen LogP contribution in [0.3, 0.4) is 0 Å². The SMILES string of the molecule is COC(=O)[C@]12C[C@H](CC(=O)N3CCOCC3)C(=O)N(CCc3ccc(OC)c(OC)c3)C1=C[C@H](COCc1ccccc1)O[C@@H]2C. The molecule has 248 valence electrons. The lowest BCUT2D eigenvalue weighted by Gasteiger charge is -2.51. The Morgan fingerprint density at radius 2 is 1.72 bits per heavy atom. The van der Waals surface area contributed by atoms with Crippen LogP contribution in [-0.2, 0) is 46.4 Å². The van der Waals surface area contributed by atoms with Crippen LogP contribution in [0, 0.1) is 11.3 Å². The number of likely N-dealkylation sites (tertiary alicyclic amines) is 1. The normalized spacial score (nSPS) is 24.6. The van der Waals surface area contributed by atoms with E-state index < -0.39 is 29.5 Å². The maximum atomic E-state index is 14.3. The monoisotopic (exact) mass is 636 g/mol. The van der Waals surface area contributed by atoms with Crippen LogP contribution in [0.5, 0.6) is 11.5 Å². The maximum absolute atomic E-state index is 14.3. The van der Waals surface area contributed by atoms with E-state index in [0.29, 0.717) is 56.5 Å². The van der Waals surface area contributed by atoms with Crippen LogP contribution in [0.1, 0.15) is 30.9 Å². The van der Waals surface area contributed by atoms with Gasteiger partial charge in [0.1, 0.15) is 11.5 Å². The van der Waals surface area contributed by atoms with E-state index in [1.807, 2.05) is 61.5 Å². The maximum Gasteiger partial charge on any atom is 0.320 e. The molecule has 2 fully saturated rings. The van der Waals surface area contributed by atoms with Gasteiger partial charge in [0, 0.05) is 37.7 Å². The fraction of sp³-hybridized carbons (Fsp3) is 0.514. The summed E-state index contributed by atoms with van der Waals surface area (Å²) in [4.78, 5) is 44.9. The Balaban J connectivity index is 1.46. The zero-order chi connectivity index (χ0) is 32.7. The Morgan fingerprint density at radius 3 is 2.41 bits per heavy atom. The highest BCUT2D eigenvalue weighted by atomic mass is 16.6. The predicted molar refractivity (Wildman–Crippen MR) is 168 cm³/mol. The average molecular weight is 637 g/mol. The Hall–Kier alpha value is -3.93. The van der Waals surface area contributed by atoms with E-state index in [1.165, 1.54) is 7.11 Å². The summed E-state index contributed by atoms with van der Waals surface area (Å²) >= 11 is 0. The molecule has 2 saturated heterocycles. The Bertz CT molecular complexity index is 1410. The fourth-order valence-electron chi connectivity index (χ4n) is 6.68. The topological polar surface area (TPSA) is 113 Å². The fourth-order valence-corrected chi connectivity index (χ4v) is 6.68. The van der Waals surface area contributed by atoms with Crippen LogP contribution in [0.2, 0.25) is 0 Å². The number of hydrogen-bond acceptors (Lipinski definition) is 9. The quantitative estimate of drug-likeness (QED) is 0.324. The van der Waals surface area contributed by atoms with Gasteiger partial charge in [0.15, 0.2) is 11.5 Å². The van der Waals surface area contributed by atoms with Gasteiger partial charge in [-0.05, 0) is 49.1 Å². The van der Waals surface area contributed by atoms with Crippen molar-refractivity contribution in [2.45, 2.75) is 45.0 Å². The summed E-state index contributed by atoms with van der Waals surface area (Å²) in [7, 11) is 4.49. The minimum atomic E-state index is -1.29. The molecular weight excluding hydrogens is 592 g/mol. The lowest BCUT2D eigenvalue weighted by atomic mass is 9.66. The molecule has 4 atom stereocenters. The van der Waals surface area contributed by atoms with Crippen molar-refractivity contribution in [2.24, 2.45) is 11.3 Å². The Morgan fingerprint density at radius 1 is 0.978 bits per heavy atom. The Labute approximate surface area is 270 Å². The van der Waals surface area contributed by atoms with Gasteiger partial charge in [0.05, 0.1) is 53.9 Å². The first-order valence-electron chi connectivity index (χ1n) is 15.8. The molecule has 2 amide bonds. The minimum Gasteiger partial charge on any atom is -0.493 e. The van der Waals surface area contributed by atoms with Crippen LogP contribution in [0.4, 0.5) is 0 Å². The van der Waals surface area contributed by atoms with Crippen molar-refractivity contribution in [1.82, 2.24) is 9.80 Å². The van der Waals surface area contributed by atoms with Crippen LogP contribution in [0.15, 0.2) is 60.3 Å². The number of rotatable bonds is 12. The van der Waals surface area contributed by atoms with E-state index in [-0.39, 0.29) is 37.8 Å². The summed E-state index contributed by atoms with van der Waals surface area (Å²) in [5.74, 6) is -0.393. The van der Waals surface area contributed by atoms with Gasteiger partial charge in [-0.2, -0.15) is 0 Å². The van der Waals surface area contributed by atoms with Gasteiger partial charge in [0.2, 0.25) is 11.8 Å². The van der Waals surface area contributed by atoms with Crippen LogP contribution in [-0.4, -0.2) is 101 Å². The summed E-state index contributed by atoms with van der Waals surface area (Å²) < 4.78 is 34.1. The molecule has 3 heterocycles. The Kier molecular flexibility index (Phi) is 11.0. The molecule has 5 rings (SSSR count). The number of esters is 1. The number of nitrogens with zero attached hydrogens (tertiary/aromatic N) is 2. The van der Waals surface area contributed by atoms with Crippen molar-refractivity contribution in [2.75, 3.05) is 60.8 Å². The standard InChI is InChI=1S/C35H44N2O9/c1-24-35(34(40)43-4)21-27(19-32(38)36-14-16-44-17-15-36)33(39)37(13-12-25-10-11-29(41-2)30(18-25)42-3)31(35)20-28(46-24)23-45-22-26-8-6-5-7-9-26/h5-11,18,20,24,27-28H,12-17,19,21-23H2,1-4H3/t24-,27+,28-,35+/m1/s1. The second-order valence-corrected chi connectivity index (χ2v) is 11.9. The van der Waals surface area contributed by atoms with Crippen LogP contribution in [0.25, 0.3) is 0 Å². The number of piperidine rings is 1. The average Bonchev–Trinajstić information content (AvgIpc) is 3.09. The summed E-state index contributed by atoms with van der Waals surface area (Å²) in [5, 5.41) is 0. The van der Waals surface area contributed by atoms with Crippen molar-refractivity contribution < 1.29 is 42.8 Å². The minimum absolute atomic E-state index is 0.0198. The predicted octanol–water partition coefficient (Wildman–Crippen LogP) is 3.39. The third-order valence-corrected chi connectivity index (χ3v) is 9.15. The molecule has 0 spiro atoms. The van der Waals surface area contributed by atoms with Crippen molar-refractivity contribution in [1.29, 1.82) is 0 Å². The third kappa shape index (κ3) is 7.06. The van der Waals surface area contributed by atoms with E-state index in [2.05, 4.69) is 0 Å². The molecule has 0 unspecified atom stereocenters. The second-order valence-electron chi connectivity index (χ2n) is 11.9. The zero-order valence-corrected chi connectivity index (χ0v) is 27.1. The van der Waals surface area contributed by atoms with Crippen molar-refractivity contribution in [3.8, 4) is 11.5 Å². The first kappa shape index (κ1) is 33.4. The highest BCUT2D eigenvalue weighted by molar-refractivity contribution is 5.92. The number of fused-ring (bicyclic) bond motifs is 1. The van der Waals surface area contributed by atoms with Crippen LogP contribution < -0.4 is 9.47 Å². The molecule has 2 aromatic carbocycles. The number of amides is 2. The molecular formula is C35H44N2O9. The summed E-state index contributed by atoms with van der Waals surface area (Å²) in [6, 6.07) is 15.4. The van der Waals surface area contributed by atoms with Gasteiger partial charge in [-0.1, -0.05) is 36.4 Å². The third-order valence-electron chi connectivity index (χ3n) is 9.15. The van der Waals surface area contributed by atoms with Crippen molar-refractivity contribution in [3.63, 3.8) is 0 Å². The number of methoxy groups -OCH3 is 3. The highest BCUT2D eigenvalue weighted by Crippen LogP contribution is 2.50. The molecule has 11 nitrogen and oxygen atoms in total. The number of carbonyl (C=O) groups is 3. The van der Waals surface area contributed by atoms with Crippen molar-refractivity contribution in [3.05, 3.63) is 71.4 Å². The summed E-state index contributed by atoms with van der Waals surface area (Å²) in [5.41, 5.74) is 1.20. The lowest BCUT2D eigenvalue weighted by molar-refractivity contribution is -0.178. The van der Waals surface area contributed by atoms with Gasteiger partial charge in [0.25, 0.3) is 0 Å². The second kappa shape index (κ2) is 15.1. The molecule has 46 heavy (non-hydrogen) atoms. The smallest absolute Gasteiger partial charge is 0.320 e. The molecule has 3 aliphatic heterocycles. The number of benzene rings is 2. The first-order valence-corrected chi connectivity index (χ1v) is 15.8. The summed E-state index contributed by atoms with van der Waals surface area (Å²) in [6.07, 6.45) is 1.22. The molecule has 0 N–H and O–H groups in total. The van der Waals surface area contributed by atoms with Gasteiger partial charge in [-0.15, -0.1) is 0 Å². The zero-order valence-electron chi connectivity index (χ0n) is 27.1. The molecule has 0 aliphatic carbocycles. The summed E-state index contributed by atoms with van der Waals surface area (Å²) in [6.45, 7) is 4.59. The molecule has 0 bridgehead atoms. The van der Waals surface area contributed by atoms with E-state index in [9.17, 15) is 14.4 Å². The highest BCUT2D eigenvalue weighted by Gasteiger charge is 2.59. The molecule has 0 saturated carbocycles. The van der Waals surface area contributed by atoms with Crippen molar-refractivity contribution >= 4 is 17.8 Å². The van der Waals surface area contributed by atoms with Gasteiger partial charge >= 0.3 is 5.97 Å². The van der Waals surface area contributed by atoms with Gasteiger partial charge < -0.3 is 38.2 Å². The number of morpholine rings is 1. The largest absolute Gasteiger partial charge is 0.493 e. The number of carbonyl (C=O) groups excluding carboxylic acids is 3. The molecule has 2 aromatic rings. The first-order chi connectivity index (χ1) is 22.3. The molecule has 0 aromatic heterocycles. The van der Waals surface area contributed by atoms with Gasteiger partial charge in [-0.3, -0.25) is 14.4 Å². The van der Waals surface area contributed by atoms with Gasteiger partial charge in [-0.25, -0.2) is 0 Å².